The van der Waals surface area contributed by atoms with E-state index in [0.717, 1.165) is 18.5 Å². The van der Waals surface area contributed by atoms with Crippen molar-refractivity contribution in [3.63, 3.8) is 0 Å². The SMILES string of the molecule is CCNC(C)c1cccc(S(=O)(=O)NCCC(C)(C)C)c1. The summed E-state index contributed by atoms with van der Waals surface area (Å²) in [5, 5.41) is 3.29. The highest BCUT2D eigenvalue weighted by molar-refractivity contribution is 7.89. The first-order valence-corrected chi connectivity index (χ1v) is 8.97. The Morgan fingerprint density at radius 2 is 1.90 bits per heavy atom. The molecular formula is C16H28N2O2S. The first-order valence-electron chi connectivity index (χ1n) is 7.49. The van der Waals surface area contributed by atoms with Gasteiger partial charge in [-0.25, -0.2) is 13.1 Å². The molecule has 1 unspecified atom stereocenters. The van der Waals surface area contributed by atoms with Crippen LogP contribution < -0.4 is 10.0 Å². The summed E-state index contributed by atoms with van der Waals surface area (Å²) >= 11 is 0. The normalized spacial score (nSPS) is 14.1. The van der Waals surface area contributed by atoms with E-state index in [0.29, 0.717) is 11.4 Å². The van der Waals surface area contributed by atoms with E-state index in [9.17, 15) is 8.42 Å². The summed E-state index contributed by atoms with van der Waals surface area (Å²) in [4.78, 5) is 0.332. The average Bonchev–Trinajstić information content (AvgIpc) is 2.37. The minimum atomic E-state index is -3.43. The van der Waals surface area contributed by atoms with Crippen molar-refractivity contribution in [1.29, 1.82) is 0 Å². The Balaban J connectivity index is 2.81. The van der Waals surface area contributed by atoms with Crippen molar-refractivity contribution in [3.05, 3.63) is 29.8 Å². The molecule has 1 aromatic rings. The van der Waals surface area contributed by atoms with E-state index >= 15 is 0 Å². The highest BCUT2D eigenvalue weighted by Crippen LogP contribution is 2.19. The fourth-order valence-electron chi connectivity index (χ4n) is 2.02. The van der Waals surface area contributed by atoms with E-state index in [1.807, 2.05) is 19.9 Å². The molecular weight excluding hydrogens is 284 g/mol. The second-order valence-electron chi connectivity index (χ2n) is 6.56. The Hall–Kier alpha value is -0.910. The summed E-state index contributed by atoms with van der Waals surface area (Å²) in [5.74, 6) is 0. The van der Waals surface area contributed by atoms with E-state index in [1.165, 1.54) is 0 Å². The van der Waals surface area contributed by atoms with Gasteiger partial charge in [-0.3, -0.25) is 0 Å². The topological polar surface area (TPSA) is 58.2 Å². The molecule has 0 aromatic heterocycles. The molecule has 1 rings (SSSR count). The van der Waals surface area contributed by atoms with Gasteiger partial charge in [0.25, 0.3) is 0 Å². The molecule has 0 spiro atoms. The molecule has 0 saturated carbocycles. The summed E-state index contributed by atoms with van der Waals surface area (Å²) in [5.41, 5.74) is 1.10. The number of hydrogen-bond acceptors (Lipinski definition) is 3. The van der Waals surface area contributed by atoms with Crippen LogP contribution in [0.1, 0.15) is 52.6 Å². The fourth-order valence-corrected chi connectivity index (χ4v) is 3.11. The van der Waals surface area contributed by atoms with Crippen LogP contribution in [-0.4, -0.2) is 21.5 Å². The van der Waals surface area contributed by atoms with Gasteiger partial charge in [0, 0.05) is 12.6 Å². The molecule has 120 valence electrons. The number of sulfonamides is 1. The first-order chi connectivity index (χ1) is 9.65. The summed E-state index contributed by atoms with van der Waals surface area (Å²) in [7, 11) is -3.43. The zero-order valence-corrected chi connectivity index (χ0v) is 14.5. The summed E-state index contributed by atoms with van der Waals surface area (Å²) < 4.78 is 27.3. The Morgan fingerprint density at radius 1 is 1.24 bits per heavy atom. The van der Waals surface area contributed by atoms with E-state index in [1.54, 1.807) is 18.2 Å². The maximum atomic E-state index is 12.3. The summed E-state index contributed by atoms with van der Waals surface area (Å²) in [6, 6.07) is 7.26. The number of nitrogens with one attached hydrogen (secondary N) is 2. The van der Waals surface area contributed by atoms with E-state index in [4.69, 9.17) is 0 Å². The summed E-state index contributed by atoms with van der Waals surface area (Å²) in [6.07, 6.45) is 0.805. The lowest BCUT2D eigenvalue weighted by atomic mass is 9.93. The van der Waals surface area contributed by atoms with E-state index in [-0.39, 0.29) is 11.5 Å². The largest absolute Gasteiger partial charge is 0.310 e. The molecule has 5 heteroatoms. The lowest BCUT2D eigenvalue weighted by molar-refractivity contribution is 0.378. The van der Waals surface area contributed by atoms with Crippen molar-refractivity contribution in [3.8, 4) is 0 Å². The predicted octanol–water partition coefficient (Wildman–Crippen LogP) is 3.07. The molecule has 4 nitrogen and oxygen atoms in total. The van der Waals surface area contributed by atoms with Gasteiger partial charge in [-0.1, -0.05) is 39.8 Å². The van der Waals surface area contributed by atoms with Crippen LogP contribution in [0.3, 0.4) is 0 Å². The maximum absolute atomic E-state index is 12.3. The minimum absolute atomic E-state index is 0.115. The molecule has 0 radical (unpaired) electrons. The smallest absolute Gasteiger partial charge is 0.240 e. The standard InChI is InChI=1S/C16H28N2O2S/c1-6-17-13(2)14-8-7-9-15(12-14)21(19,20)18-11-10-16(3,4)5/h7-9,12-13,17-18H,6,10-11H2,1-5H3. The number of benzene rings is 1. The Labute approximate surface area is 129 Å². The third kappa shape index (κ3) is 6.16. The second kappa shape index (κ2) is 7.38. The average molecular weight is 312 g/mol. The van der Waals surface area contributed by atoms with Crippen molar-refractivity contribution in [2.24, 2.45) is 5.41 Å². The zero-order chi connectivity index (χ0) is 16.1. The van der Waals surface area contributed by atoms with Crippen LogP contribution in [0.25, 0.3) is 0 Å². The number of hydrogen-bond donors (Lipinski definition) is 2. The van der Waals surface area contributed by atoms with Gasteiger partial charge in [0.1, 0.15) is 0 Å². The lowest BCUT2D eigenvalue weighted by Crippen LogP contribution is -2.27. The molecule has 0 aliphatic rings. The van der Waals surface area contributed by atoms with Crippen LogP contribution in [0.15, 0.2) is 29.2 Å². The maximum Gasteiger partial charge on any atom is 0.240 e. The van der Waals surface area contributed by atoms with E-state index < -0.39 is 10.0 Å². The van der Waals surface area contributed by atoms with E-state index in [2.05, 4.69) is 30.8 Å². The van der Waals surface area contributed by atoms with Crippen molar-refractivity contribution in [2.45, 2.75) is 52.0 Å². The third-order valence-electron chi connectivity index (χ3n) is 3.35. The van der Waals surface area contributed by atoms with Crippen LogP contribution in [0.2, 0.25) is 0 Å². The molecule has 0 fully saturated rings. The Kier molecular flexibility index (Phi) is 6.38. The van der Waals surface area contributed by atoms with Gasteiger partial charge in [0.2, 0.25) is 10.0 Å². The monoisotopic (exact) mass is 312 g/mol. The molecule has 0 aliphatic heterocycles. The third-order valence-corrected chi connectivity index (χ3v) is 4.80. The molecule has 0 amide bonds. The molecule has 21 heavy (non-hydrogen) atoms. The van der Waals surface area contributed by atoms with Crippen LogP contribution >= 0.6 is 0 Å². The van der Waals surface area contributed by atoms with Crippen LogP contribution in [0.5, 0.6) is 0 Å². The second-order valence-corrected chi connectivity index (χ2v) is 8.33. The van der Waals surface area contributed by atoms with Gasteiger partial charge in [-0.05, 0) is 43.0 Å². The van der Waals surface area contributed by atoms with Gasteiger partial charge in [-0.15, -0.1) is 0 Å². The highest BCUT2D eigenvalue weighted by Gasteiger charge is 2.17. The van der Waals surface area contributed by atoms with Crippen LogP contribution in [0, 0.1) is 5.41 Å². The molecule has 0 heterocycles. The van der Waals surface area contributed by atoms with Crippen molar-refractivity contribution >= 4 is 10.0 Å². The molecule has 1 aromatic carbocycles. The van der Waals surface area contributed by atoms with Crippen molar-refractivity contribution in [1.82, 2.24) is 10.0 Å². The van der Waals surface area contributed by atoms with Gasteiger partial charge in [0.15, 0.2) is 0 Å². The predicted molar refractivity (Wildman–Crippen MR) is 87.8 cm³/mol. The van der Waals surface area contributed by atoms with Crippen molar-refractivity contribution < 1.29 is 8.42 Å². The Bertz CT molecular complexity index is 548. The van der Waals surface area contributed by atoms with Crippen LogP contribution in [0.4, 0.5) is 0 Å². The highest BCUT2D eigenvalue weighted by atomic mass is 32.2. The van der Waals surface area contributed by atoms with Crippen LogP contribution in [-0.2, 0) is 10.0 Å². The molecule has 0 bridgehead atoms. The quantitative estimate of drug-likeness (QED) is 0.813. The van der Waals surface area contributed by atoms with Crippen molar-refractivity contribution in [2.75, 3.05) is 13.1 Å². The van der Waals surface area contributed by atoms with Gasteiger partial charge < -0.3 is 5.32 Å². The molecule has 1 atom stereocenters. The molecule has 0 aliphatic carbocycles. The first kappa shape index (κ1) is 18.1. The van der Waals surface area contributed by atoms with Gasteiger partial charge in [-0.2, -0.15) is 0 Å². The zero-order valence-electron chi connectivity index (χ0n) is 13.7. The Morgan fingerprint density at radius 3 is 2.48 bits per heavy atom. The van der Waals surface area contributed by atoms with Gasteiger partial charge in [0.05, 0.1) is 4.90 Å². The molecule has 0 saturated heterocycles. The number of rotatable bonds is 7. The van der Waals surface area contributed by atoms with Gasteiger partial charge >= 0.3 is 0 Å². The summed E-state index contributed by atoms with van der Waals surface area (Å²) in [6.45, 7) is 11.7. The molecule has 2 N–H and O–H groups in total. The minimum Gasteiger partial charge on any atom is -0.310 e. The lowest BCUT2D eigenvalue weighted by Gasteiger charge is -2.18. The fraction of sp³-hybridized carbons (Fsp3) is 0.625.